The first-order valence-corrected chi connectivity index (χ1v) is 7.07. The van der Waals surface area contributed by atoms with Gasteiger partial charge in [-0.05, 0) is 30.2 Å². The van der Waals surface area contributed by atoms with Crippen LogP contribution in [0.15, 0.2) is 22.7 Å². The highest BCUT2D eigenvalue weighted by Gasteiger charge is 2.05. The average Bonchev–Trinajstić information content (AvgIpc) is 2.32. The lowest BCUT2D eigenvalue weighted by Crippen LogP contribution is -2.22. The Morgan fingerprint density at radius 3 is 2.88 bits per heavy atom. The molecule has 0 aromatic heterocycles. The molecule has 0 bridgehead atoms. The van der Waals surface area contributed by atoms with Crippen molar-refractivity contribution in [2.24, 2.45) is 0 Å². The van der Waals surface area contributed by atoms with Gasteiger partial charge in [-0.25, -0.2) is 0 Å². The Morgan fingerprint density at radius 1 is 1.47 bits per heavy atom. The molecule has 17 heavy (non-hydrogen) atoms. The van der Waals surface area contributed by atoms with Crippen molar-refractivity contribution in [2.45, 2.75) is 31.7 Å². The normalized spacial score (nSPS) is 12.5. The highest BCUT2D eigenvalue weighted by Crippen LogP contribution is 2.22. The standard InChI is InChI=1S/C13H19BrClNO/c1-3-4-11(15)9-16-8-10-7-12(17-2)5-6-13(10)14/h5-7,11,16H,3-4,8-9H2,1-2H3. The number of methoxy groups -OCH3 is 1. The van der Waals surface area contributed by atoms with Gasteiger partial charge in [-0.1, -0.05) is 29.3 Å². The smallest absolute Gasteiger partial charge is 0.119 e. The van der Waals surface area contributed by atoms with Crippen molar-refractivity contribution in [1.82, 2.24) is 5.32 Å². The first-order chi connectivity index (χ1) is 8.17. The summed E-state index contributed by atoms with van der Waals surface area (Å²) in [5, 5.41) is 3.57. The first-order valence-electron chi connectivity index (χ1n) is 5.84. The molecule has 1 aromatic rings. The molecule has 0 spiro atoms. The van der Waals surface area contributed by atoms with E-state index in [-0.39, 0.29) is 5.38 Å². The molecule has 0 aliphatic rings. The van der Waals surface area contributed by atoms with E-state index in [1.807, 2.05) is 18.2 Å². The third-order valence-corrected chi connectivity index (χ3v) is 3.68. The van der Waals surface area contributed by atoms with Crippen LogP contribution in [0.25, 0.3) is 0 Å². The van der Waals surface area contributed by atoms with Crippen molar-refractivity contribution in [3.63, 3.8) is 0 Å². The summed E-state index contributed by atoms with van der Waals surface area (Å²) in [5.41, 5.74) is 1.18. The fourth-order valence-electron chi connectivity index (χ4n) is 1.59. The highest BCUT2D eigenvalue weighted by atomic mass is 79.9. The van der Waals surface area contributed by atoms with Gasteiger partial charge in [0.2, 0.25) is 0 Å². The number of ether oxygens (including phenoxy) is 1. The molecule has 0 aliphatic heterocycles. The molecule has 4 heteroatoms. The van der Waals surface area contributed by atoms with Gasteiger partial charge < -0.3 is 10.1 Å². The third-order valence-electron chi connectivity index (χ3n) is 2.54. The van der Waals surface area contributed by atoms with Gasteiger partial charge in [0.15, 0.2) is 0 Å². The molecule has 0 saturated heterocycles. The Hall–Kier alpha value is -0.250. The molecule has 0 aliphatic carbocycles. The van der Waals surface area contributed by atoms with Gasteiger partial charge in [-0.2, -0.15) is 0 Å². The lowest BCUT2D eigenvalue weighted by atomic mass is 10.2. The molecule has 2 nitrogen and oxygen atoms in total. The van der Waals surface area contributed by atoms with Crippen LogP contribution in [0.1, 0.15) is 25.3 Å². The van der Waals surface area contributed by atoms with Crippen LogP contribution in [-0.2, 0) is 6.54 Å². The SMILES string of the molecule is CCCC(Cl)CNCc1cc(OC)ccc1Br. The van der Waals surface area contributed by atoms with E-state index in [9.17, 15) is 0 Å². The van der Waals surface area contributed by atoms with Crippen molar-refractivity contribution in [3.05, 3.63) is 28.2 Å². The number of halogens is 2. The van der Waals surface area contributed by atoms with E-state index in [0.717, 1.165) is 36.2 Å². The van der Waals surface area contributed by atoms with Crippen LogP contribution in [0.4, 0.5) is 0 Å². The fraction of sp³-hybridized carbons (Fsp3) is 0.538. The summed E-state index contributed by atoms with van der Waals surface area (Å²) in [6.07, 6.45) is 2.17. The van der Waals surface area contributed by atoms with Crippen molar-refractivity contribution in [3.8, 4) is 5.75 Å². The zero-order valence-electron chi connectivity index (χ0n) is 10.3. The molecule has 0 amide bonds. The summed E-state index contributed by atoms with van der Waals surface area (Å²) in [4.78, 5) is 0. The van der Waals surface area contributed by atoms with Crippen LogP contribution in [0, 0.1) is 0 Å². The van der Waals surface area contributed by atoms with Gasteiger partial charge in [0, 0.05) is 22.9 Å². The molecule has 0 heterocycles. The van der Waals surface area contributed by atoms with E-state index in [1.165, 1.54) is 5.56 Å². The molecular formula is C13H19BrClNO. The largest absolute Gasteiger partial charge is 0.497 e. The van der Waals surface area contributed by atoms with Crippen molar-refractivity contribution in [1.29, 1.82) is 0 Å². The number of alkyl halides is 1. The Balaban J connectivity index is 2.45. The monoisotopic (exact) mass is 319 g/mol. The van der Waals surface area contributed by atoms with E-state index < -0.39 is 0 Å². The Bertz CT molecular complexity index is 346. The highest BCUT2D eigenvalue weighted by molar-refractivity contribution is 9.10. The predicted octanol–water partition coefficient (Wildman–Crippen LogP) is 3.95. The maximum Gasteiger partial charge on any atom is 0.119 e. The zero-order valence-corrected chi connectivity index (χ0v) is 12.6. The second kappa shape index (κ2) is 7.96. The van der Waals surface area contributed by atoms with E-state index >= 15 is 0 Å². The number of benzene rings is 1. The van der Waals surface area contributed by atoms with Crippen LogP contribution in [0.2, 0.25) is 0 Å². The van der Waals surface area contributed by atoms with Gasteiger partial charge in [-0.15, -0.1) is 11.6 Å². The molecule has 1 atom stereocenters. The van der Waals surface area contributed by atoms with Gasteiger partial charge in [-0.3, -0.25) is 0 Å². The Morgan fingerprint density at radius 2 is 2.24 bits per heavy atom. The molecule has 1 unspecified atom stereocenters. The number of hydrogen-bond donors (Lipinski definition) is 1. The molecule has 0 saturated carbocycles. The number of rotatable bonds is 7. The summed E-state index contributed by atoms with van der Waals surface area (Å²) in [5.74, 6) is 0.876. The van der Waals surface area contributed by atoms with Gasteiger partial charge in [0.1, 0.15) is 5.75 Å². The van der Waals surface area contributed by atoms with Gasteiger partial charge in [0.25, 0.3) is 0 Å². The Kier molecular flexibility index (Phi) is 6.93. The molecule has 96 valence electrons. The first kappa shape index (κ1) is 14.8. The molecule has 0 fully saturated rings. The lowest BCUT2D eigenvalue weighted by molar-refractivity contribution is 0.414. The minimum absolute atomic E-state index is 0.212. The summed E-state index contributed by atoms with van der Waals surface area (Å²) in [6.45, 7) is 3.78. The summed E-state index contributed by atoms with van der Waals surface area (Å²) in [7, 11) is 1.68. The van der Waals surface area contributed by atoms with Crippen LogP contribution in [-0.4, -0.2) is 19.0 Å². The number of nitrogens with one attached hydrogen (secondary N) is 1. The second-order valence-corrected chi connectivity index (χ2v) is 5.45. The Labute approximate surface area is 117 Å². The van der Waals surface area contributed by atoms with E-state index in [0.29, 0.717) is 0 Å². The van der Waals surface area contributed by atoms with Crippen LogP contribution >= 0.6 is 27.5 Å². The summed E-state index contributed by atoms with van der Waals surface area (Å²) < 4.78 is 6.29. The molecule has 0 radical (unpaired) electrons. The van der Waals surface area contributed by atoms with Crippen LogP contribution in [0.5, 0.6) is 5.75 Å². The van der Waals surface area contributed by atoms with E-state index in [4.69, 9.17) is 16.3 Å². The maximum atomic E-state index is 6.15. The number of hydrogen-bond acceptors (Lipinski definition) is 2. The summed E-state index contributed by atoms with van der Waals surface area (Å²) in [6, 6.07) is 5.97. The maximum absolute atomic E-state index is 6.15. The lowest BCUT2D eigenvalue weighted by Gasteiger charge is -2.11. The van der Waals surface area contributed by atoms with Crippen LogP contribution in [0.3, 0.4) is 0 Å². The zero-order chi connectivity index (χ0) is 12.7. The average molecular weight is 321 g/mol. The summed E-state index contributed by atoms with van der Waals surface area (Å²) >= 11 is 9.68. The van der Waals surface area contributed by atoms with E-state index in [1.54, 1.807) is 7.11 Å². The third kappa shape index (κ3) is 5.28. The second-order valence-electron chi connectivity index (χ2n) is 3.97. The minimum atomic E-state index is 0.212. The molecule has 1 rings (SSSR count). The topological polar surface area (TPSA) is 21.3 Å². The van der Waals surface area contributed by atoms with Gasteiger partial charge >= 0.3 is 0 Å². The molecule has 1 N–H and O–H groups in total. The van der Waals surface area contributed by atoms with Gasteiger partial charge in [0.05, 0.1) is 7.11 Å². The van der Waals surface area contributed by atoms with Crippen molar-refractivity contribution < 1.29 is 4.74 Å². The molecular weight excluding hydrogens is 302 g/mol. The minimum Gasteiger partial charge on any atom is -0.497 e. The van der Waals surface area contributed by atoms with Crippen molar-refractivity contribution >= 4 is 27.5 Å². The predicted molar refractivity (Wildman–Crippen MR) is 76.9 cm³/mol. The van der Waals surface area contributed by atoms with Crippen LogP contribution < -0.4 is 10.1 Å². The van der Waals surface area contributed by atoms with Crippen molar-refractivity contribution in [2.75, 3.05) is 13.7 Å². The molecule has 1 aromatic carbocycles. The van der Waals surface area contributed by atoms with E-state index in [2.05, 4.69) is 28.2 Å². The quantitative estimate of drug-likeness (QED) is 0.768. The fourth-order valence-corrected chi connectivity index (χ4v) is 2.31.